The zero-order chi connectivity index (χ0) is 15.4. The molecule has 0 bridgehead atoms. The Bertz CT molecular complexity index is 746. The van der Waals surface area contributed by atoms with Crippen molar-refractivity contribution in [2.45, 2.75) is 39.3 Å². The van der Waals surface area contributed by atoms with Gasteiger partial charge in [-0.1, -0.05) is 39.8 Å². The van der Waals surface area contributed by atoms with Gasteiger partial charge in [-0.2, -0.15) is 0 Å². The molecule has 1 aliphatic heterocycles. The summed E-state index contributed by atoms with van der Waals surface area (Å²) in [6.07, 6.45) is 0. The third kappa shape index (κ3) is 1.86. The maximum Gasteiger partial charge on any atom is 0.303 e. The third-order valence-corrected chi connectivity index (χ3v) is 7.55. The topological polar surface area (TPSA) is 65.5 Å². The molecule has 3 rings (SSSR count). The van der Waals surface area contributed by atoms with E-state index in [9.17, 15) is 4.57 Å². The number of fused-ring (bicyclic) bond motifs is 2. The highest BCUT2D eigenvalue weighted by molar-refractivity contribution is 7.80. The van der Waals surface area contributed by atoms with E-state index in [1.54, 1.807) is 0 Å². The fourth-order valence-electron chi connectivity index (χ4n) is 2.82. The molecule has 1 aliphatic rings. The van der Waals surface area contributed by atoms with Crippen molar-refractivity contribution in [3.63, 3.8) is 0 Å². The number of anilines is 1. The summed E-state index contributed by atoms with van der Waals surface area (Å²) in [6.45, 7) is 7.89. The van der Waals surface area contributed by atoms with Crippen molar-refractivity contribution in [2.75, 3.05) is 5.73 Å². The van der Waals surface area contributed by atoms with Crippen molar-refractivity contribution < 1.29 is 13.7 Å². The van der Waals surface area contributed by atoms with Crippen LogP contribution >= 0.6 is 7.14 Å². The van der Waals surface area contributed by atoms with Gasteiger partial charge in [-0.3, -0.25) is 0 Å². The molecule has 1 unspecified atom stereocenters. The molecule has 0 fully saturated rings. The molecule has 4 nitrogen and oxygen atoms in total. The van der Waals surface area contributed by atoms with Crippen LogP contribution in [0.5, 0.6) is 11.7 Å². The van der Waals surface area contributed by atoms with Crippen molar-refractivity contribution in [3.8, 4) is 11.7 Å². The molecule has 5 heteroatoms. The van der Waals surface area contributed by atoms with E-state index in [2.05, 4.69) is 0 Å². The normalized spacial score (nSPS) is 20.3. The van der Waals surface area contributed by atoms with E-state index >= 15 is 0 Å². The van der Waals surface area contributed by atoms with Gasteiger partial charge in [-0.15, -0.1) is 0 Å². The summed E-state index contributed by atoms with van der Waals surface area (Å²) in [5.41, 5.74) is 6.66. The van der Waals surface area contributed by atoms with Crippen LogP contribution in [0.3, 0.4) is 0 Å². The molecule has 0 aliphatic carbocycles. The fraction of sp³-hybridized carbons (Fsp3) is 0.375. The highest BCUT2D eigenvalue weighted by Crippen LogP contribution is 2.58. The molecule has 0 saturated heterocycles. The Morgan fingerprint density at radius 2 is 1.81 bits per heavy atom. The predicted octanol–water partition coefficient (Wildman–Crippen LogP) is 3.81. The van der Waals surface area contributed by atoms with Gasteiger partial charge in [0.25, 0.3) is 0 Å². The number of rotatable bonds is 2. The molecule has 0 amide bonds. The van der Waals surface area contributed by atoms with Crippen molar-refractivity contribution in [3.05, 3.63) is 30.0 Å². The fourth-order valence-corrected chi connectivity index (χ4v) is 5.72. The Morgan fingerprint density at radius 3 is 2.43 bits per heavy atom. The number of ether oxygens (including phenoxy) is 1. The summed E-state index contributed by atoms with van der Waals surface area (Å²) >= 11 is 0. The smallest absolute Gasteiger partial charge is 0.303 e. The number of nitrogen functional groups attached to an aromatic ring is 1. The molecule has 0 radical (unpaired) electrons. The first-order chi connectivity index (χ1) is 9.87. The Morgan fingerprint density at radius 1 is 1.14 bits per heavy atom. The van der Waals surface area contributed by atoms with Gasteiger partial charge in [0.1, 0.15) is 16.8 Å². The maximum absolute atomic E-state index is 13.8. The third-order valence-electron chi connectivity index (χ3n) is 3.93. The van der Waals surface area contributed by atoms with Gasteiger partial charge in [0.05, 0.1) is 11.0 Å². The van der Waals surface area contributed by atoms with Crippen LogP contribution in [0.2, 0.25) is 0 Å². The summed E-state index contributed by atoms with van der Waals surface area (Å²) in [5.74, 6) is 1.66. The van der Waals surface area contributed by atoms with Crippen LogP contribution in [-0.2, 0) is 4.57 Å². The molecule has 0 saturated carbocycles. The van der Waals surface area contributed by atoms with Gasteiger partial charge in [-0.25, -0.2) is 0 Å². The van der Waals surface area contributed by atoms with Crippen molar-refractivity contribution in [1.82, 2.24) is 0 Å². The van der Waals surface area contributed by atoms with Crippen LogP contribution in [0.15, 0.2) is 28.7 Å². The number of nitrogens with two attached hydrogens (primary N) is 1. The van der Waals surface area contributed by atoms with Crippen LogP contribution in [0, 0.1) is 0 Å². The second-order valence-corrected chi connectivity index (χ2v) is 9.27. The molecule has 1 aromatic carbocycles. The predicted molar refractivity (Wildman–Crippen MR) is 85.7 cm³/mol. The summed E-state index contributed by atoms with van der Waals surface area (Å²) in [7, 11) is -2.87. The minimum absolute atomic E-state index is 0.0683. The van der Waals surface area contributed by atoms with Gasteiger partial charge in [0.15, 0.2) is 7.14 Å². The molecule has 21 heavy (non-hydrogen) atoms. The van der Waals surface area contributed by atoms with E-state index in [0.717, 1.165) is 5.30 Å². The first kappa shape index (κ1) is 14.3. The summed E-state index contributed by atoms with van der Waals surface area (Å²) < 4.78 is 25.4. The molecular weight excluding hydrogens is 285 g/mol. The van der Waals surface area contributed by atoms with Gasteiger partial charge >= 0.3 is 5.95 Å². The van der Waals surface area contributed by atoms with Crippen LogP contribution < -0.4 is 21.1 Å². The number of para-hydroxylation sites is 1. The number of benzene rings is 1. The van der Waals surface area contributed by atoms with Crippen molar-refractivity contribution in [2.24, 2.45) is 0 Å². The average molecular weight is 305 g/mol. The summed E-state index contributed by atoms with van der Waals surface area (Å²) in [5, 5.41) is 1.29. The van der Waals surface area contributed by atoms with E-state index in [1.165, 1.54) is 0 Å². The quantitative estimate of drug-likeness (QED) is 0.857. The van der Waals surface area contributed by atoms with Gasteiger partial charge < -0.3 is 19.5 Å². The lowest BCUT2D eigenvalue weighted by molar-refractivity contribution is 0.330. The second kappa shape index (κ2) is 4.67. The Kier molecular flexibility index (Phi) is 3.18. The van der Waals surface area contributed by atoms with Crippen molar-refractivity contribution >= 4 is 23.4 Å². The summed E-state index contributed by atoms with van der Waals surface area (Å²) in [4.78, 5) is 0. The Balaban J connectivity index is 2.34. The van der Waals surface area contributed by atoms with E-state index in [-0.39, 0.29) is 11.6 Å². The lowest BCUT2D eigenvalue weighted by Gasteiger charge is -2.28. The van der Waals surface area contributed by atoms with Crippen molar-refractivity contribution in [1.29, 1.82) is 0 Å². The molecule has 1 atom stereocenters. The molecular formula is C16H20NO3P. The second-order valence-electron chi connectivity index (χ2n) is 5.99. The lowest BCUT2D eigenvalue weighted by atomic mass is 10.1. The molecule has 1 aromatic heterocycles. The number of hydrogen-bond donors (Lipinski definition) is 1. The maximum atomic E-state index is 13.8. The van der Waals surface area contributed by atoms with Crippen LogP contribution in [0.25, 0.3) is 0 Å². The SMILES string of the molecule is CC(C)c1oc2c(c1N)P(=O)(C(C)C)c1ccccc1O2. The van der Waals surface area contributed by atoms with Crippen LogP contribution in [0.4, 0.5) is 5.69 Å². The molecule has 0 spiro atoms. The Hall–Kier alpha value is -1.67. The first-order valence-corrected chi connectivity index (χ1v) is 8.94. The zero-order valence-corrected chi connectivity index (χ0v) is 13.6. The molecule has 2 aromatic rings. The van der Waals surface area contributed by atoms with Gasteiger partial charge in [-0.05, 0) is 12.1 Å². The minimum atomic E-state index is -2.87. The monoisotopic (exact) mass is 305 g/mol. The van der Waals surface area contributed by atoms with Crippen LogP contribution in [-0.4, -0.2) is 5.66 Å². The highest BCUT2D eigenvalue weighted by Gasteiger charge is 2.45. The molecule has 2 N–H and O–H groups in total. The van der Waals surface area contributed by atoms with E-state index in [1.807, 2.05) is 52.0 Å². The standard InChI is InChI=1S/C16H20NO3P/c1-9(2)14-13(17)15-16(20-14)19-11-7-5-6-8-12(11)21(15,18)10(3)4/h5-10H,17H2,1-4H3. The molecule has 2 heterocycles. The summed E-state index contributed by atoms with van der Waals surface area (Å²) in [6, 6.07) is 7.42. The number of furan rings is 1. The zero-order valence-electron chi connectivity index (χ0n) is 12.7. The van der Waals surface area contributed by atoms with Gasteiger partial charge in [0, 0.05) is 11.6 Å². The largest absolute Gasteiger partial charge is 0.427 e. The Labute approximate surface area is 124 Å². The van der Waals surface area contributed by atoms with E-state index in [0.29, 0.717) is 28.4 Å². The molecule has 112 valence electrons. The van der Waals surface area contributed by atoms with E-state index < -0.39 is 7.14 Å². The number of hydrogen-bond acceptors (Lipinski definition) is 4. The highest BCUT2D eigenvalue weighted by atomic mass is 31.2. The van der Waals surface area contributed by atoms with E-state index in [4.69, 9.17) is 14.9 Å². The lowest BCUT2D eigenvalue weighted by Crippen LogP contribution is -2.29. The van der Waals surface area contributed by atoms with Gasteiger partial charge in [0.2, 0.25) is 0 Å². The minimum Gasteiger partial charge on any atom is -0.427 e. The first-order valence-electron chi connectivity index (χ1n) is 7.17. The average Bonchev–Trinajstić information content (AvgIpc) is 2.76. The van der Waals surface area contributed by atoms with Crippen LogP contribution in [0.1, 0.15) is 39.4 Å².